The molecule has 1 aliphatic rings. The van der Waals surface area contributed by atoms with E-state index in [9.17, 15) is 13.2 Å². The van der Waals surface area contributed by atoms with Gasteiger partial charge in [0.05, 0.1) is 13.1 Å². The summed E-state index contributed by atoms with van der Waals surface area (Å²) in [5, 5.41) is 5.73. The van der Waals surface area contributed by atoms with Gasteiger partial charge in [0.2, 0.25) is 17.6 Å². The first-order valence-corrected chi connectivity index (χ1v) is 12.2. The molecule has 0 saturated carbocycles. The molecule has 9 nitrogen and oxygen atoms in total. The highest BCUT2D eigenvalue weighted by Gasteiger charge is 2.24. The summed E-state index contributed by atoms with van der Waals surface area (Å²) in [7, 11) is -3.64. The van der Waals surface area contributed by atoms with Gasteiger partial charge < -0.3 is 9.42 Å². The van der Waals surface area contributed by atoms with E-state index < -0.39 is 10.0 Å². The molecule has 3 aromatic rings. The minimum absolute atomic E-state index is 0.203. The molecule has 2 aromatic heterocycles. The fourth-order valence-corrected chi connectivity index (χ4v) is 5.25. The van der Waals surface area contributed by atoms with Crippen LogP contribution in [0.15, 0.2) is 50.5 Å². The van der Waals surface area contributed by atoms with Gasteiger partial charge in [0.15, 0.2) is 0 Å². The number of benzene rings is 1. The van der Waals surface area contributed by atoms with Gasteiger partial charge in [0.25, 0.3) is 10.0 Å². The second kappa shape index (κ2) is 9.27. The molecule has 4 rings (SSSR count). The topological polar surface area (TPSA) is 109 Å². The zero-order valence-corrected chi connectivity index (χ0v) is 18.7. The van der Waals surface area contributed by atoms with Gasteiger partial charge in [0, 0.05) is 31.7 Å². The number of hydrogen-bond acceptors (Lipinski definition) is 8. The van der Waals surface area contributed by atoms with Crippen LogP contribution in [0.5, 0.6) is 0 Å². The van der Waals surface area contributed by atoms with Gasteiger partial charge in [0.1, 0.15) is 4.21 Å². The number of thiophene rings is 1. The molecule has 164 valence electrons. The molecular weight excluding hydrogens is 438 g/mol. The van der Waals surface area contributed by atoms with E-state index in [0.717, 1.165) is 16.9 Å². The Hall–Kier alpha value is -2.60. The van der Waals surface area contributed by atoms with E-state index in [1.165, 1.54) is 11.6 Å². The highest BCUT2D eigenvalue weighted by molar-refractivity contribution is 7.91. The minimum atomic E-state index is -3.64. The molecule has 0 spiro atoms. The van der Waals surface area contributed by atoms with Crippen molar-refractivity contribution in [2.75, 3.05) is 32.7 Å². The monoisotopic (exact) mass is 461 g/mol. The average molecular weight is 462 g/mol. The van der Waals surface area contributed by atoms with E-state index in [1.54, 1.807) is 16.3 Å². The Morgan fingerprint density at radius 1 is 1.16 bits per heavy atom. The maximum absolute atomic E-state index is 12.4. The number of carbonyl (C=O) groups is 1. The summed E-state index contributed by atoms with van der Waals surface area (Å²) < 4.78 is 32.3. The first-order valence-electron chi connectivity index (χ1n) is 9.84. The third-order valence-corrected chi connectivity index (χ3v) is 7.83. The third-order valence-electron chi connectivity index (χ3n) is 5.04. The van der Waals surface area contributed by atoms with Crippen LogP contribution in [-0.2, 0) is 21.4 Å². The molecule has 0 atom stereocenters. The van der Waals surface area contributed by atoms with Crippen LogP contribution in [-0.4, -0.2) is 67.0 Å². The molecule has 1 amide bonds. The van der Waals surface area contributed by atoms with Gasteiger partial charge in [-0.3, -0.25) is 9.69 Å². The molecule has 1 N–H and O–H groups in total. The zero-order valence-electron chi connectivity index (χ0n) is 17.0. The van der Waals surface area contributed by atoms with Crippen LogP contribution in [0.25, 0.3) is 11.4 Å². The van der Waals surface area contributed by atoms with Crippen LogP contribution in [0.4, 0.5) is 0 Å². The van der Waals surface area contributed by atoms with E-state index in [-0.39, 0.29) is 16.7 Å². The molecule has 0 unspecified atom stereocenters. The first kappa shape index (κ1) is 21.6. The highest BCUT2D eigenvalue weighted by atomic mass is 32.2. The van der Waals surface area contributed by atoms with Gasteiger partial charge in [-0.05, 0) is 18.4 Å². The lowest BCUT2D eigenvalue weighted by atomic mass is 10.1. The molecule has 3 heterocycles. The summed E-state index contributed by atoms with van der Waals surface area (Å²) in [5.74, 6) is 0.847. The molecule has 1 fully saturated rings. The minimum Gasteiger partial charge on any atom is -0.339 e. The predicted molar refractivity (Wildman–Crippen MR) is 116 cm³/mol. The van der Waals surface area contributed by atoms with Gasteiger partial charge in [-0.1, -0.05) is 41.1 Å². The van der Waals surface area contributed by atoms with E-state index in [1.807, 2.05) is 31.2 Å². The Morgan fingerprint density at radius 2 is 1.90 bits per heavy atom. The van der Waals surface area contributed by atoms with Crippen LogP contribution in [0, 0.1) is 6.92 Å². The van der Waals surface area contributed by atoms with Crippen molar-refractivity contribution < 1.29 is 17.7 Å². The normalized spacial score (nSPS) is 15.3. The lowest BCUT2D eigenvalue weighted by Crippen LogP contribution is -2.50. The number of nitrogens with one attached hydrogen (secondary N) is 1. The van der Waals surface area contributed by atoms with Crippen molar-refractivity contribution in [2.24, 2.45) is 0 Å². The van der Waals surface area contributed by atoms with E-state index in [2.05, 4.69) is 19.8 Å². The molecule has 0 aliphatic carbocycles. The molecule has 1 aliphatic heterocycles. The van der Waals surface area contributed by atoms with Crippen molar-refractivity contribution in [3.63, 3.8) is 0 Å². The largest absolute Gasteiger partial charge is 0.339 e. The number of aryl methyl sites for hydroxylation is 1. The van der Waals surface area contributed by atoms with Crippen molar-refractivity contribution in [3.05, 3.63) is 53.2 Å². The fourth-order valence-electron chi connectivity index (χ4n) is 3.24. The Kier molecular flexibility index (Phi) is 6.46. The summed E-state index contributed by atoms with van der Waals surface area (Å²) in [5.41, 5.74) is 2.07. The van der Waals surface area contributed by atoms with Crippen LogP contribution in [0.1, 0.15) is 11.5 Å². The summed E-state index contributed by atoms with van der Waals surface area (Å²) >= 11 is 1.12. The zero-order chi connectivity index (χ0) is 21.8. The van der Waals surface area contributed by atoms with Gasteiger partial charge in [-0.2, -0.15) is 4.98 Å². The predicted octanol–water partition coefficient (Wildman–Crippen LogP) is 1.73. The Labute approximate surface area is 184 Å². The number of amides is 1. The number of rotatable bonds is 7. The fraction of sp³-hybridized carbons (Fsp3) is 0.350. The highest BCUT2D eigenvalue weighted by Crippen LogP contribution is 2.18. The van der Waals surface area contributed by atoms with Gasteiger partial charge in [-0.15, -0.1) is 11.3 Å². The molecule has 31 heavy (non-hydrogen) atoms. The van der Waals surface area contributed by atoms with Crippen molar-refractivity contribution in [3.8, 4) is 11.4 Å². The number of hydrogen-bond donors (Lipinski definition) is 1. The Bertz CT molecular complexity index is 1120. The van der Waals surface area contributed by atoms with E-state index in [4.69, 9.17) is 4.52 Å². The number of aromatic nitrogens is 2. The Balaban J connectivity index is 1.25. The maximum atomic E-state index is 12.4. The molecule has 1 saturated heterocycles. The lowest BCUT2D eigenvalue weighted by Gasteiger charge is -2.34. The van der Waals surface area contributed by atoms with Crippen molar-refractivity contribution in [2.45, 2.75) is 17.7 Å². The van der Waals surface area contributed by atoms with Crippen LogP contribution < -0.4 is 4.72 Å². The maximum Gasteiger partial charge on any atom is 0.250 e. The molecule has 1 aromatic carbocycles. The van der Waals surface area contributed by atoms with Crippen LogP contribution >= 0.6 is 11.3 Å². The molecular formula is C20H23N5O4S2. The molecule has 0 bridgehead atoms. The number of piperazine rings is 1. The SMILES string of the molecule is Cc1ccc(-c2noc(CN3CCN(C(=O)CNS(=O)(=O)c4cccs4)CC3)n2)cc1. The smallest absolute Gasteiger partial charge is 0.250 e. The summed E-state index contributed by atoms with van der Waals surface area (Å²) in [4.78, 5) is 20.7. The first-order chi connectivity index (χ1) is 14.9. The summed E-state index contributed by atoms with van der Waals surface area (Å²) in [6.45, 7) is 4.60. The quantitative estimate of drug-likeness (QED) is 0.571. The second-order valence-electron chi connectivity index (χ2n) is 7.29. The van der Waals surface area contributed by atoms with E-state index >= 15 is 0 Å². The summed E-state index contributed by atoms with van der Waals surface area (Å²) in [6.07, 6.45) is 0. The van der Waals surface area contributed by atoms with Crippen molar-refractivity contribution in [1.82, 2.24) is 24.7 Å². The summed E-state index contributed by atoms with van der Waals surface area (Å²) in [6, 6.07) is 11.1. The Morgan fingerprint density at radius 3 is 2.58 bits per heavy atom. The molecule has 0 radical (unpaired) electrons. The molecule has 11 heteroatoms. The van der Waals surface area contributed by atoms with Crippen LogP contribution in [0.2, 0.25) is 0 Å². The number of carbonyl (C=O) groups excluding carboxylic acids is 1. The number of sulfonamides is 1. The van der Waals surface area contributed by atoms with Crippen molar-refractivity contribution in [1.29, 1.82) is 0 Å². The average Bonchev–Trinajstić information content (AvgIpc) is 3.46. The van der Waals surface area contributed by atoms with Crippen molar-refractivity contribution >= 4 is 27.3 Å². The van der Waals surface area contributed by atoms with E-state index in [0.29, 0.717) is 44.4 Å². The number of nitrogens with zero attached hydrogens (tertiary/aromatic N) is 4. The third kappa shape index (κ3) is 5.37. The second-order valence-corrected chi connectivity index (χ2v) is 10.2. The standard InChI is InChI=1S/C20H23N5O4S2/c1-15-4-6-16(7-5-15)20-22-17(29-23-20)14-24-8-10-25(11-9-24)18(26)13-21-31(27,28)19-3-2-12-30-19/h2-7,12,21H,8-11,13-14H2,1H3. The lowest BCUT2D eigenvalue weighted by molar-refractivity contribution is -0.131. The van der Waals surface area contributed by atoms with Gasteiger partial charge >= 0.3 is 0 Å². The van der Waals surface area contributed by atoms with Crippen LogP contribution in [0.3, 0.4) is 0 Å². The van der Waals surface area contributed by atoms with Gasteiger partial charge in [-0.25, -0.2) is 13.1 Å².